The molecule has 144 valence electrons. The first-order valence-electron chi connectivity index (χ1n) is 10.4. The van der Waals surface area contributed by atoms with Gasteiger partial charge in [-0.1, -0.05) is 6.08 Å². The molecule has 0 radical (unpaired) electrons. The molecule has 1 unspecified atom stereocenters. The van der Waals surface area contributed by atoms with Gasteiger partial charge in [-0.15, -0.1) is 6.58 Å². The Labute approximate surface area is 155 Å². The number of hydrogen-bond donors (Lipinski definition) is 1. The van der Waals surface area contributed by atoms with Crippen molar-refractivity contribution in [1.82, 2.24) is 4.90 Å². The Bertz CT molecular complexity index is 615. The number of ketones is 1. The lowest BCUT2D eigenvalue weighted by molar-refractivity contribution is -0.342. The van der Waals surface area contributed by atoms with Gasteiger partial charge in [-0.2, -0.15) is 0 Å². The normalized spacial score (nSPS) is 47.4. The van der Waals surface area contributed by atoms with Gasteiger partial charge in [0.25, 0.3) is 0 Å². The third kappa shape index (κ3) is 1.93. The van der Waals surface area contributed by atoms with E-state index in [9.17, 15) is 9.90 Å². The lowest BCUT2D eigenvalue weighted by Crippen LogP contribution is -2.70. The number of ether oxygens (including phenoxy) is 2. The van der Waals surface area contributed by atoms with Crippen LogP contribution < -0.4 is 0 Å². The highest BCUT2D eigenvalue weighted by atomic mass is 16.7. The molecule has 5 atom stereocenters. The average Bonchev–Trinajstić information content (AvgIpc) is 3.14. The van der Waals surface area contributed by atoms with Crippen molar-refractivity contribution in [1.29, 1.82) is 0 Å². The van der Waals surface area contributed by atoms with Crippen LogP contribution in [-0.2, 0) is 14.3 Å². The molecule has 6 aliphatic rings. The standard InChI is InChI=1S/C21H31NO4/c1-2-6-22-7-3-5-20-16-11-15(14-21(20)25-9-10-26-21)13-19(20,18(24)12-16)17(23)4-8-22/h2,15-17,23H,1,3-14H2/t15?,16-,17-,19-,20-/m0/s1. The molecule has 0 aromatic carbocycles. The monoisotopic (exact) mass is 361 g/mol. The highest BCUT2D eigenvalue weighted by Crippen LogP contribution is 2.76. The largest absolute Gasteiger partial charge is 0.392 e. The van der Waals surface area contributed by atoms with Crippen molar-refractivity contribution in [3.05, 3.63) is 12.7 Å². The molecular weight excluding hydrogens is 330 g/mol. The number of aliphatic hydroxyl groups is 1. The Morgan fingerprint density at radius 1 is 1.27 bits per heavy atom. The van der Waals surface area contributed by atoms with Crippen molar-refractivity contribution in [2.24, 2.45) is 22.7 Å². The smallest absolute Gasteiger partial charge is 0.175 e. The molecule has 1 N–H and O–H groups in total. The van der Waals surface area contributed by atoms with Crippen LogP contribution in [0, 0.1) is 22.7 Å². The summed E-state index contributed by atoms with van der Waals surface area (Å²) < 4.78 is 12.7. The van der Waals surface area contributed by atoms with E-state index < -0.39 is 17.3 Å². The molecule has 4 bridgehead atoms. The van der Waals surface area contributed by atoms with Gasteiger partial charge >= 0.3 is 0 Å². The minimum Gasteiger partial charge on any atom is -0.392 e. The number of nitrogens with zero attached hydrogens (tertiary/aromatic N) is 1. The summed E-state index contributed by atoms with van der Waals surface area (Å²) in [5, 5.41) is 11.4. The Morgan fingerprint density at radius 3 is 2.85 bits per heavy atom. The fraction of sp³-hybridized carbons (Fsp3) is 0.857. The third-order valence-electron chi connectivity index (χ3n) is 8.36. The molecule has 26 heavy (non-hydrogen) atoms. The molecule has 0 aromatic rings. The topological polar surface area (TPSA) is 59.0 Å². The molecule has 4 saturated carbocycles. The number of rotatable bonds is 2. The van der Waals surface area contributed by atoms with Gasteiger partial charge in [-0.3, -0.25) is 9.69 Å². The van der Waals surface area contributed by atoms with Crippen LogP contribution in [0.1, 0.15) is 44.9 Å². The van der Waals surface area contributed by atoms with E-state index in [-0.39, 0.29) is 11.2 Å². The average molecular weight is 361 g/mol. The van der Waals surface area contributed by atoms with Crippen LogP contribution in [-0.4, -0.2) is 60.5 Å². The van der Waals surface area contributed by atoms with Crippen molar-refractivity contribution in [3.63, 3.8) is 0 Å². The maximum Gasteiger partial charge on any atom is 0.175 e. The molecule has 0 aromatic heterocycles. The molecule has 0 amide bonds. The number of Topliss-reactive ketones (excluding diaryl/α,β-unsaturated/α-hetero) is 1. The second kappa shape index (κ2) is 5.87. The Kier molecular flexibility index (Phi) is 3.92. The molecule has 2 aliphatic heterocycles. The van der Waals surface area contributed by atoms with Crippen LogP contribution in [0.5, 0.6) is 0 Å². The predicted octanol–water partition coefficient (Wildman–Crippen LogP) is 2.14. The first-order chi connectivity index (χ1) is 12.6. The van der Waals surface area contributed by atoms with Crippen molar-refractivity contribution in [3.8, 4) is 0 Å². The number of carbonyl (C=O) groups excluding carboxylic acids is 1. The summed E-state index contributed by atoms with van der Waals surface area (Å²) in [5.41, 5.74) is -1.00. The van der Waals surface area contributed by atoms with E-state index in [1.54, 1.807) is 0 Å². The van der Waals surface area contributed by atoms with E-state index in [0.29, 0.717) is 37.9 Å². The summed E-state index contributed by atoms with van der Waals surface area (Å²) in [6.45, 7) is 7.74. The van der Waals surface area contributed by atoms with Gasteiger partial charge in [0.1, 0.15) is 5.78 Å². The fourth-order valence-corrected chi connectivity index (χ4v) is 7.76. The maximum atomic E-state index is 13.4. The summed E-state index contributed by atoms with van der Waals surface area (Å²) >= 11 is 0. The van der Waals surface area contributed by atoms with Gasteiger partial charge in [0.2, 0.25) is 0 Å². The van der Waals surface area contributed by atoms with Crippen molar-refractivity contribution in [2.75, 3.05) is 32.8 Å². The first kappa shape index (κ1) is 17.4. The maximum absolute atomic E-state index is 13.4. The van der Waals surface area contributed by atoms with Gasteiger partial charge in [-0.05, 0) is 50.5 Å². The van der Waals surface area contributed by atoms with Gasteiger partial charge in [0.15, 0.2) is 5.79 Å². The second-order valence-corrected chi connectivity index (χ2v) is 9.22. The molecule has 2 heterocycles. The van der Waals surface area contributed by atoms with Crippen LogP contribution >= 0.6 is 0 Å². The van der Waals surface area contributed by atoms with Crippen molar-refractivity contribution >= 4 is 5.78 Å². The molecule has 2 saturated heterocycles. The van der Waals surface area contributed by atoms with Crippen LogP contribution in [0.2, 0.25) is 0 Å². The number of carbonyl (C=O) groups is 1. The summed E-state index contributed by atoms with van der Waals surface area (Å²) in [5.74, 6) is 0.389. The van der Waals surface area contributed by atoms with Crippen LogP contribution in [0.15, 0.2) is 12.7 Å². The number of hydrogen-bond acceptors (Lipinski definition) is 5. The predicted molar refractivity (Wildman–Crippen MR) is 96.5 cm³/mol. The highest BCUT2D eigenvalue weighted by Gasteiger charge is 2.81. The summed E-state index contributed by atoms with van der Waals surface area (Å²) in [6.07, 6.45) is 7.37. The quantitative estimate of drug-likeness (QED) is 0.764. The molecule has 6 fully saturated rings. The Morgan fingerprint density at radius 2 is 2.08 bits per heavy atom. The van der Waals surface area contributed by atoms with E-state index in [0.717, 1.165) is 51.7 Å². The van der Waals surface area contributed by atoms with E-state index in [1.807, 2.05) is 6.08 Å². The summed E-state index contributed by atoms with van der Waals surface area (Å²) in [4.78, 5) is 15.8. The van der Waals surface area contributed by atoms with Crippen LogP contribution in [0.25, 0.3) is 0 Å². The molecule has 5 heteroatoms. The van der Waals surface area contributed by atoms with E-state index >= 15 is 0 Å². The van der Waals surface area contributed by atoms with E-state index in [4.69, 9.17) is 9.47 Å². The number of aliphatic hydroxyl groups excluding tert-OH is 1. The minimum absolute atomic E-state index is 0.285. The SMILES string of the molecule is C=CCN1CCC[C@]23[C@@H]4CC(=O)[C@]2(CC(C4)CC32OCCO2)[C@@H](O)CC1. The van der Waals surface area contributed by atoms with Crippen LogP contribution in [0.3, 0.4) is 0 Å². The second-order valence-electron chi connectivity index (χ2n) is 9.22. The van der Waals surface area contributed by atoms with Gasteiger partial charge < -0.3 is 14.6 Å². The molecule has 2 spiro atoms. The fourth-order valence-electron chi connectivity index (χ4n) is 7.76. The third-order valence-corrected chi connectivity index (χ3v) is 8.36. The molecular formula is C21H31NO4. The first-order valence-corrected chi connectivity index (χ1v) is 10.4. The van der Waals surface area contributed by atoms with Crippen molar-refractivity contribution in [2.45, 2.75) is 56.8 Å². The van der Waals surface area contributed by atoms with Crippen molar-refractivity contribution < 1.29 is 19.4 Å². The summed E-state index contributed by atoms with van der Waals surface area (Å²) in [6, 6.07) is 0. The minimum atomic E-state index is -0.659. The highest BCUT2D eigenvalue weighted by molar-refractivity contribution is 5.90. The Balaban J connectivity index is 1.62. The zero-order valence-electron chi connectivity index (χ0n) is 15.6. The van der Waals surface area contributed by atoms with E-state index in [2.05, 4.69) is 11.5 Å². The van der Waals surface area contributed by atoms with Gasteiger partial charge in [0, 0.05) is 31.3 Å². The van der Waals surface area contributed by atoms with E-state index in [1.165, 1.54) is 0 Å². The van der Waals surface area contributed by atoms with Gasteiger partial charge in [0.05, 0.1) is 24.7 Å². The summed E-state index contributed by atoms with van der Waals surface area (Å²) in [7, 11) is 0. The van der Waals surface area contributed by atoms with Gasteiger partial charge in [-0.25, -0.2) is 0 Å². The lowest BCUT2D eigenvalue weighted by Gasteiger charge is -2.66. The van der Waals surface area contributed by atoms with Crippen LogP contribution in [0.4, 0.5) is 0 Å². The zero-order chi connectivity index (χ0) is 18.0. The lowest BCUT2D eigenvalue weighted by atomic mass is 9.41. The Hall–Kier alpha value is -0.750. The molecule has 5 nitrogen and oxygen atoms in total. The zero-order valence-corrected chi connectivity index (χ0v) is 15.6. The molecule has 4 aliphatic carbocycles. The molecule has 6 rings (SSSR count).